The fourth-order valence-electron chi connectivity index (χ4n) is 2.28. The van der Waals surface area contributed by atoms with Crippen LogP contribution < -0.4 is 16.4 Å². The molecule has 5 nitrogen and oxygen atoms in total. The number of nitrogens with two attached hydrogens (primary N) is 1. The smallest absolute Gasteiger partial charge is 0.251 e. The Balaban J connectivity index is 1.85. The highest BCUT2D eigenvalue weighted by Gasteiger charge is 2.14. The third-order valence-electron chi connectivity index (χ3n) is 3.35. The Hall–Kier alpha value is -1.88. The minimum atomic E-state index is -0.523. The molecule has 5 heteroatoms. The number of amides is 2. The van der Waals surface area contributed by atoms with Gasteiger partial charge in [0.2, 0.25) is 5.91 Å². The van der Waals surface area contributed by atoms with Gasteiger partial charge >= 0.3 is 0 Å². The predicted molar refractivity (Wildman–Crippen MR) is 72.9 cm³/mol. The van der Waals surface area contributed by atoms with E-state index in [2.05, 4.69) is 10.6 Å². The number of rotatable bonds is 5. The summed E-state index contributed by atoms with van der Waals surface area (Å²) < 4.78 is 0. The molecule has 0 radical (unpaired) electrons. The number of nitrogens with one attached hydrogen (secondary N) is 2. The van der Waals surface area contributed by atoms with Gasteiger partial charge in [-0.05, 0) is 44.0 Å². The summed E-state index contributed by atoms with van der Waals surface area (Å²) >= 11 is 0. The Morgan fingerprint density at radius 1 is 1.37 bits per heavy atom. The quantitative estimate of drug-likeness (QED) is 0.728. The van der Waals surface area contributed by atoms with Crippen LogP contribution in [0.4, 0.5) is 0 Å². The minimum absolute atomic E-state index is 0.166. The van der Waals surface area contributed by atoms with Gasteiger partial charge in [0.1, 0.15) is 0 Å². The lowest BCUT2D eigenvalue weighted by Gasteiger charge is -2.11. The van der Waals surface area contributed by atoms with Crippen molar-refractivity contribution in [3.05, 3.63) is 35.4 Å². The van der Waals surface area contributed by atoms with E-state index in [1.165, 1.54) is 18.9 Å². The minimum Gasteiger partial charge on any atom is -0.366 e. The van der Waals surface area contributed by atoms with Gasteiger partial charge in [-0.2, -0.15) is 0 Å². The Labute approximate surface area is 112 Å². The molecule has 2 amide bonds. The van der Waals surface area contributed by atoms with Crippen LogP contribution in [0.15, 0.2) is 24.3 Å². The van der Waals surface area contributed by atoms with Crippen molar-refractivity contribution in [3.8, 4) is 0 Å². The van der Waals surface area contributed by atoms with E-state index in [0.29, 0.717) is 23.7 Å². The van der Waals surface area contributed by atoms with Crippen LogP contribution in [0.25, 0.3) is 0 Å². The molecule has 0 bridgehead atoms. The Morgan fingerprint density at radius 3 is 2.84 bits per heavy atom. The molecular formula is C14H19N3O2. The summed E-state index contributed by atoms with van der Waals surface area (Å²) in [6.45, 7) is 1.70. The van der Waals surface area contributed by atoms with Gasteiger partial charge in [-0.3, -0.25) is 9.59 Å². The van der Waals surface area contributed by atoms with E-state index in [4.69, 9.17) is 5.73 Å². The number of hydrogen-bond acceptors (Lipinski definition) is 3. The molecule has 1 fully saturated rings. The summed E-state index contributed by atoms with van der Waals surface area (Å²) in [7, 11) is 0. The SMILES string of the molecule is NC(=O)c1cccc(C(=O)NCCC2CCCN2)c1. The first kappa shape index (κ1) is 13.5. The van der Waals surface area contributed by atoms with E-state index in [1.54, 1.807) is 18.2 Å². The van der Waals surface area contributed by atoms with Crippen LogP contribution in [-0.4, -0.2) is 30.9 Å². The number of hydrogen-bond donors (Lipinski definition) is 3. The third kappa shape index (κ3) is 3.79. The van der Waals surface area contributed by atoms with Crippen molar-refractivity contribution >= 4 is 11.8 Å². The topological polar surface area (TPSA) is 84.2 Å². The lowest BCUT2D eigenvalue weighted by Crippen LogP contribution is -2.30. The molecule has 1 atom stereocenters. The van der Waals surface area contributed by atoms with Gasteiger partial charge in [-0.1, -0.05) is 6.07 Å². The van der Waals surface area contributed by atoms with Gasteiger partial charge in [0.25, 0.3) is 5.91 Å². The molecule has 0 aromatic heterocycles. The maximum Gasteiger partial charge on any atom is 0.251 e. The highest BCUT2D eigenvalue weighted by Crippen LogP contribution is 2.08. The molecule has 1 aromatic carbocycles. The van der Waals surface area contributed by atoms with Crippen molar-refractivity contribution in [2.45, 2.75) is 25.3 Å². The molecule has 4 N–H and O–H groups in total. The molecule has 1 unspecified atom stereocenters. The molecule has 0 saturated carbocycles. The summed E-state index contributed by atoms with van der Waals surface area (Å²) in [5.41, 5.74) is 6.01. The number of primary amides is 1. The molecule has 0 aliphatic carbocycles. The standard InChI is InChI=1S/C14H19N3O2/c15-13(18)10-3-1-4-11(9-10)14(19)17-8-6-12-5-2-7-16-12/h1,3-4,9,12,16H,2,5-8H2,(H2,15,18)(H,17,19). The average Bonchev–Trinajstić information content (AvgIpc) is 2.92. The van der Waals surface area contributed by atoms with Gasteiger partial charge in [-0.25, -0.2) is 0 Å². The summed E-state index contributed by atoms with van der Waals surface area (Å²) in [4.78, 5) is 23.0. The second-order valence-electron chi connectivity index (χ2n) is 4.78. The fourth-order valence-corrected chi connectivity index (χ4v) is 2.28. The van der Waals surface area contributed by atoms with Crippen molar-refractivity contribution < 1.29 is 9.59 Å². The monoisotopic (exact) mass is 261 g/mol. The predicted octanol–water partition coefficient (Wildman–Crippen LogP) is 0.657. The number of benzene rings is 1. The summed E-state index contributed by atoms with van der Waals surface area (Å²) in [5, 5.41) is 6.24. The lowest BCUT2D eigenvalue weighted by molar-refractivity contribution is 0.0952. The maximum absolute atomic E-state index is 11.9. The Morgan fingerprint density at radius 2 is 2.16 bits per heavy atom. The van der Waals surface area contributed by atoms with Crippen LogP contribution in [0.3, 0.4) is 0 Å². The largest absolute Gasteiger partial charge is 0.366 e. The van der Waals surface area contributed by atoms with E-state index in [1.807, 2.05) is 0 Å². The Kier molecular flexibility index (Phi) is 4.52. The van der Waals surface area contributed by atoms with Gasteiger partial charge in [0, 0.05) is 23.7 Å². The molecular weight excluding hydrogens is 242 g/mol. The van der Waals surface area contributed by atoms with E-state index in [-0.39, 0.29) is 5.91 Å². The third-order valence-corrected chi connectivity index (χ3v) is 3.35. The Bertz CT molecular complexity index is 468. The highest BCUT2D eigenvalue weighted by atomic mass is 16.2. The second-order valence-corrected chi connectivity index (χ2v) is 4.78. The van der Waals surface area contributed by atoms with E-state index < -0.39 is 5.91 Å². The van der Waals surface area contributed by atoms with E-state index >= 15 is 0 Å². The van der Waals surface area contributed by atoms with Crippen LogP contribution in [0, 0.1) is 0 Å². The molecule has 1 aromatic rings. The molecule has 1 heterocycles. The van der Waals surface area contributed by atoms with Crippen LogP contribution in [-0.2, 0) is 0 Å². The zero-order valence-corrected chi connectivity index (χ0v) is 10.8. The average molecular weight is 261 g/mol. The van der Waals surface area contributed by atoms with Crippen molar-refractivity contribution in [3.63, 3.8) is 0 Å². The zero-order valence-electron chi connectivity index (χ0n) is 10.8. The van der Waals surface area contributed by atoms with Crippen molar-refractivity contribution in [2.75, 3.05) is 13.1 Å². The molecule has 102 valence electrons. The highest BCUT2D eigenvalue weighted by molar-refractivity contribution is 5.99. The van der Waals surface area contributed by atoms with Gasteiger partial charge in [-0.15, -0.1) is 0 Å². The van der Waals surface area contributed by atoms with Crippen LogP contribution >= 0.6 is 0 Å². The first-order chi connectivity index (χ1) is 9.16. The summed E-state index contributed by atoms with van der Waals surface area (Å²) in [6.07, 6.45) is 3.31. The molecule has 1 aliphatic heterocycles. The summed E-state index contributed by atoms with van der Waals surface area (Å²) in [5.74, 6) is -0.689. The number of carbonyl (C=O) groups excluding carboxylic acids is 2. The first-order valence-electron chi connectivity index (χ1n) is 6.58. The van der Waals surface area contributed by atoms with Crippen LogP contribution in [0.2, 0.25) is 0 Å². The van der Waals surface area contributed by atoms with Gasteiger partial charge in [0.15, 0.2) is 0 Å². The maximum atomic E-state index is 11.9. The van der Waals surface area contributed by atoms with Crippen molar-refractivity contribution in [1.82, 2.24) is 10.6 Å². The van der Waals surface area contributed by atoms with E-state index in [9.17, 15) is 9.59 Å². The molecule has 19 heavy (non-hydrogen) atoms. The molecule has 1 saturated heterocycles. The van der Waals surface area contributed by atoms with E-state index in [0.717, 1.165) is 13.0 Å². The zero-order chi connectivity index (χ0) is 13.7. The lowest BCUT2D eigenvalue weighted by atomic mass is 10.1. The van der Waals surface area contributed by atoms with Crippen molar-refractivity contribution in [2.24, 2.45) is 5.73 Å². The van der Waals surface area contributed by atoms with Gasteiger partial charge in [0.05, 0.1) is 0 Å². The van der Waals surface area contributed by atoms with Crippen molar-refractivity contribution in [1.29, 1.82) is 0 Å². The molecule has 1 aliphatic rings. The number of carbonyl (C=O) groups is 2. The fraction of sp³-hybridized carbons (Fsp3) is 0.429. The first-order valence-corrected chi connectivity index (χ1v) is 6.58. The van der Waals surface area contributed by atoms with Crippen LogP contribution in [0.5, 0.6) is 0 Å². The molecule has 0 spiro atoms. The van der Waals surface area contributed by atoms with Crippen LogP contribution in [0.1, 0.15) is 40.0 Å². The second kappa shape index (κ2) is 6.33. The van der Waals surface area contributed by atoms with Gasteiger partial charge < -0.3 is 16.4 Å². The molecule has 2 rings (SSSR count). The summed E-state index contributed by atoms with van der Waals surface area (Å²) in [6, 6.07) is 6.97. The normalized spacial score (nSPS) is 18.2.